The van der Waals surface area contributed by atoms with Crippen LogP contribution in [0.1, 0.15) is 15.9 Å². The first kappa shape index (κ1) is 19.6. The zero-order valence-electron chi connectivity index (χ0n) is 15.4. The van der Waals surface area contributed by atoms with E-state index in [9.17, 15) is 9.59 Å². The summed E-state index contributed by atoms with van der Waals surface area (Å²) in [6, 6.07) is 23.0. The molecule has 0 unspecified atom stereocenters. The van der Waals surface area contributed by atoms with Crippen molar-refractivity contribution in [2.45, 2.75) is 6.42 Å². The Balaban J connectivity index is 1.88. The van der Waals surface area contributed by atoms with E-state index < -0.39 is 5.92 Å². The normalized spacial score (nSPS) is 11.5. The number of benzene rings is 3. The molecule has 0 aliphatic heterocycles. The largest absolute Gasteiger partial charge is 0.497 e. The minimum atomic E-state index is -0.882. The van der Waals surface area contributed by atoms with Crippen LogP contribution in [0.2, 0.25) is 5.02 Å². The number of carbonyl (C=O) groups is 2. The monoisotopic (exact) mass is 393 g/mol. The van der Waals surface area contributed by atoms with Crippen LogP contribution in [0.3, 0.4) is 0 Å². The van der Waals surface area contributed by atoms with E-state index in [0.29, 0.717) is 22.0 Å². The molecule has 0 spiro atoms. The highest BCUT2D eigenvalue weighted by molar-refractivity contribution is 6.30. The molecular weight excluding hydrogens is 374 g/mol. The van der Waals surface area contributed by atoms with Crippen molar-refractivity contribution >= 4 is 29.0 Å². The second-order valence-electron chi connectivity index (χ2n) is 6.34. The van der Waals surface area contributed by atoms with Gasteiger partial charge in [0, 0.05) is 22.3 Å². The topological polar surface area (TPSA) is 55.4 Å². The molecule has 3 aromatic carbocycles. The number of methoxy groups -OCH3 is 1. The molecular formula is C23H20ClNO3. The predicted molar refractivity (Wildman–Crippen MR) is 111 cm³/mol. The average molecular weight is 394 g/mol. The molecule has 0 heterocycles. The van der Waals surface area contributed by atoms with E-state index in [4.69, 9.17) is 16.3 Å². The van der Waals surface area contributed by atoms with Gasteiger partial charge in [-0.1, -0.05) is 60.1 Å². The summed E-state index contributed by atoms with van der Waals surface area (Å²) in [4.78, 5) is 26.1. The molecule has 0 bridgehead atoms. The molecule has 0 aliphatic carbocycles. The van der Waals surface area contributed by atoms with E-state index in [2.05, 4.69) is 5.32 Å². The van der Waals surface area contributed by atoms with Gasteiger partial charge >= 0.3 is 0 Å². The first-order valence-electron chi connectivity index (χ1n) is 8.85. The number of nitrogens with one attached hydrogen (secondary N) is 1. The second-order valence-corrected chi connectivity index (χ2v) is 6.77. The maximum Gasteiger partial charge on any atom is 0.235 e. The van der Waals surface area contributed by atoms with Crippen LogP contribution in [0.5, 0.6) is 5.75 Å². The van der Waals surface area contributed by atoms with Gasteiger partial charge in [-0.05, 0) is 36.2 Å². The summed E-state index contributed by atoms with van der Waals surface area (Å²) in [7, 11) is 1.56. The fraction of sp³-hybridized carbons (Fsp3) is 0.130. The summed E-state index contributed by atoms with van der Waals surface area (Å²) in [5, 5.41) is 3.40. The van der Waals surface area contributed by atoms with Gasteiger partial charge in [0.1, 0.15) is 11.7 Å². The van der Waals surface area contributed by atoms with Gasteiger partial charge in [-0.15, -0.1) is 0 Å². The lowest BCUT2D eigenvalue weighted by Gasteiger charge is -2.17. The van der Waals surface area contributed by atoms with Gasteiger partial charge < -0.3 is 10.1 Å². The minimum absolute atomic E-state index is 0.235. The van der Waals surface area contributed by atoms with Crippen LogP contribution in [-0.2, 0) is 11.2 Å². The molecule has 1 atom stereocenters. The molecule has 3 rings (SSSR count). The van der Waals surface area contributed by atoms with Crippen molar-refractivity contribution in [1.82, 2.24) is 0 Å². The molecule has 5 heteroatoms. The van der Waals surface area contributed by atoms with E-state index in [0.717, 1.165) is 5.56 Å². The van der Waals surface area contributed by atoms with Crippen molar-refractivity contribution in [3.8, 4) is 5.75 Å². The van der Waals surface area contributed by atoms with E-state index in [-0.39, 0.29) is 18.1 Å². The van der Waals surface area contributed by atoms with E-state index in [1.165, 1.54) is 0 Å². The van der Waals surface area contributed by atoms with Gasteiger partial charge in [-0.2, -0.15) is 0 Å². The van der Waals surface area contributed by atoms with E-state index in [1.807, 2.05) is 18.2 Å². The Morgan fingerprint density at radius 2 is 1.71 bits per heavy atom. The van der Waals surface area contributed by atoms with E-state index in [1.54, 1.807) is 67.8 Å². The maximum atomic E-state index is 13.1. The Morgan fingerprint density at radius 3 is 2.43 bits per heavy atom. The van der Waals surface area contributed by atoms with Crippen molar-refractivity contribution in [3.05, 3.63) is 95.0 Å². The molecule has 0 saturated carbocycles. The number of amides is 1. The van der Waals surface area contributed by atoms with Crippen LogP contribution in [0, 0.1) is 5.92 Å². The highest BCUT2D eigenvalue weighted by atomic mass is 35.5. The average Bonchev–Trinajstić information content (AvgIpc) is 2.72. The second kappa shape index (κ2) is 9.20. The van der Waals surface area contributed by atoms with Gasteiger partial charge in [0.25, 0.3) is 0 Å². The number of anilines is 1. The summed E-state index contributed by atoms with van der Waals surface area (Å²) >= 11 is 6.07. The third-order valence-corrected chi connectivity index (χ3v) is 4.59. The molecule has 3 aromatic rings. The number of halogens is 1. The number of Topliss-reactive ketones (excluding diaryl/α,β-unsaturated/α-hetero) is 1. The summed E-state index contributed by atoms with van der Waals surface area (Å²) in [5.41, 5.74) is 1.89. The smallest absolute Gasteiger partial charge is 0.235 e. The molecule has 28 heavy (non-hydrogen) atoms. The lowest BCUT2D eigenvalue weighted by Crippen LogP contribution is -2.31. The van der Waals surface area contributed by atoms with Crippen LogP contribution in [-0.4, -0.2) is 18.8 Å². The number of ether oxygens (including phenoxy) is 1. The van der Waals surface area contributed by atoms with Crippen molar-refractivity contribution in [1.29, 1.82) is 0 Å². The lowest BCUT2D eigenvalue weighted by atomic mass is 9.90. The molecule has 142 valence electrons. The SMILES string of the molecule is COc1cccc(NC(=O)[C@H](Cc2cccc(Cl)c2)C(=O)c2ccccc2)c1. The van der Waals surface area contributed by atoms with Crippen molar-refractivity contribution in [2.24, 2.45) is 5.92 Å². The van der Waals surface area contributed by atoms with Crippen LogP contribution in [0.25, 0.3) is 0 Å². The number of hydrogen-bond donors (Lipinski definition) is 1. The first-order valence-corrected chi connectivity index (χ1v) is 9.23. The summed E-state index contributed by atoms with van der Waals surface area (Å²) in [6.45, 7) is 0. The predicted octanol–water partition coefficient (Wildman–Crippen LogP) is 5.03. The molecule has 0 aliphatic rings. The van der Waals surface area contributed by atoms with Crippen molar-refractivity contribution in [2.75, 3.05) is 12.4 Å². The maximum absolute atomic E-state index is 13.1. The molecule has 1 amide bonds. The molecule has 0 saturated heterocycles. The van der Waals surface area contributed by atoms with Crippen LogP contribution < -0.4 is 10.1 Å². The first-order chi connectivity index (χ1) is 13.6. The quantitative estimate of drug-likeness (QED) is 0.452. The summed E-state index contributed by atoms with van der Waals surface area (Å²) in [5.74, 6) is -0.867. The van der Waals surface area contributed by atoms with Crippen molar-refractivity contribution < 1.29 is 14.3 Å². The Labute approximate surface area is 169 Å². The minimum Gasteiger partial charge on any atom is -0.497 e. The van der Waals surface area contributed by atoms with Crippen LogP contribution in [0.15, 0.2) is 78.9 Å². The Kier molecular flexibility index (Phi) is 6.45. The highest BCUT2D eigenvalue weighted by Crippen LogP contribution is 2.22. The summed E-state index contributed by atoms with van der Waals surface area (Å²) < 4.78 is 5.19. The van der Waals surface area contributed by atoms with Gasteiger partial charge in [0.15, 0.2) is 5.78 Å². The lowest BCUT2D eigenvalue weighted by molar-refractivity contribution is -0.118. The third-order valence-electron chi connectivity index (χ3n) is 4.36. The van der Waals surface area contributed by atoms with Crippen LogP contribution in [0.4, 0.5) is 5.69 Å². The van der Waals surface area contributed by atoms with Gasteiger partial charge in [-0.25, -0.2) is 0 Å². The van der Waals surface area contributed by atoms with Gasteiger partial charge in [-0.3, -0.25) is 9.59 Å². The summed E-state index contributed by atoms with van der Waals surface area (Å²) in [6.07, 6.45) is 0.254. The zero-order valence-corrected chi connectivity index (χ0v) is 16.1. The molecule has 4 nitrogen and oxygen atoms in total. The number of rotatable bonds is 7. The standard InChI is InChI=1S/C23H20ClNO3/c1-28-20-12-6-11-19(15-20)25-23(27)21(14-16-7-5-10-18(24)13-16)22(26)17-8-3-2-4-9-17/h2-13,15,21H,14H2,1H3,(H,25,27)/t21-/m1/s1. The molecule has 1 N–H and O–H groups in total. The Hall–Kier alpha value is -3.11. The highest BCUT2D eigenvalue weighted by Gasteiger charge is 2.28. The Morgan fingerprint density at radius 1 is 0.964 bits per heavy atom. The number of hydrogen-bond acceptors (Lipinski definition) is 3. The van der Waals surface area contributed by atoms with E-state index >= 15 is 0 Å². The van der Waals surface area contributed by atoms with Gasteiger partial charge in [0.2, 0.25) is 5.91 Å². The fourth-order valence-corrected chi connectivity index (χ4v) is 3.15. The fourth-order valence-electron chi connectivity index (χ4n) is 2.94. The number of ketones is 1. The Bertz CT molecular complexity index is 972. The van der Waals surface area contributed by atoms with Gasteiger partial charge in [0.05, 0.1) is 7.11 Å². The van der Waals surface area contributed by atoms with Crippen molar-refractivity contribution in [3.63, 3.8) is 0 Å². The third kappa shape index (κ3) is 4.99. The molecule has 0 fully saturated rings. The number of carbonyl (C=O) groups excluding carboxylic acids is 2. The van der Waals surface area contributed by atoms with Crippen LogP contribution >= 0.6 is 11.6 Å². The molecule has 0 aromatic heterocycles. The molecule has 0 radical (unpaired) electrons. The zero-order chi connectivity index (χ0) is 19.9.